The van der Waals surface area contributed by atoms with Crippen molar-refractivity contribution in [1.29, 1.82) is 0 Å². The molecule has 0 saturated heterocycles. The second-order valence-electron chi connectivity index (χ2n) is 3.96. The predicted molar refractivity (Wildman–Crippen MR) is 44.3 cm³/mol. The van der Waals surface area contributed by atoms with Gasteiger partial charge in [0.1, 0.15) is 6.10 Å². The molecule has 2 nitrogen and oxygen atoms in total. The quantitative estimate of drug-likeness (QED) is 0.586. The Bertz CT molecular complexity index is 317. The highest BCUT2D eigenvalue weighted by molar-refractivity contribution is 5.79. The lowest BCUT2D eigenvalue weighted by molar-refractivity contribution is -0.349. The first kappa shape index (κ1) is 15.0. The number of carbonyl (C=O) groups excluding carboxylic acids is 1. The number of carbonyl (C=O) groups is 1. The summed E-state index contributed by atoms with van der Waals surface area (Å²) in [7, 11) is 0. The van der Waals surface area contributed by atoms with E-state index in [1.807, 2.05) is 0 Å². The van der Waals surface area contributed by atoms with E-state index in [-0.39, 0.29) is 12.8 Å². The van der Waals surface area contributed by atoms with Crippen LogP contribution in [0.1, 0.15) is 25.7 Å². The van der Waals surface area contributed by atoms with Crippen molar-refractivity contribution in [3.8, 4) is 0 Å². The fourth-order valence-corrected chi connectivity index (χ4v) is 1.54. The van der Waals surface area contributed by atoms with Crippen LogP contribution in [0.25, 0.3) is 0 Å². The highest BCUT2D eigenvalue weighted by atomic mass is 19.4. The van der Waals surface area contributed by atoms with Gasteiger partial charge in [-0.15, -0.1) is 0 Å². The van der Waals surface area contributed by atoms with E-state index in [0.29, 0.717) is 12.8 Å². The summed E-state index contributed by atoms with van der Waals surface area (Å²) in [6.07, 6.45) is -6.10. The summed E-state index contributed by atoms with van der Waals surface area (Å²) in [6, 6.07) is 0. The van der Waals surface area contributed by atoms with E-state index in [4.69, 9.17) is 0 Å². The molecule has 1 saturated carbocycles. The molecule has 0 heterocycles. The number of hydrogen-bond acceptors (Lipinski definition) is 2. The van der Waals surface area contributed by atoms with Gasteiger partial charge in [-0.05, 0) is 25.7 Å². The third kappa shape index (κ3) is 2.54. The molecule has 106 valence electrons. The molecule has 0 aromatic heterocycles. The van der Waals surface area contributed by atoms with Gasteiger partial charge in [-0.1, -0.05) is 0 Å². The third-order valence-electron chi connectivity index (χ3n) is 2.58. The molecule has 9 heteroatoms. The van der Waals surface area contributed by atoms with Gasteiger partial charge in [-0.2, -0.15) is 30.7 Å². The summed E-state index contributed by atoms with van der Waals surface area (Å²) in [5.41, 5.74) is 0. The summed E-state index contributed by atoms with van der Waals surface area (Å²) in [6.45, 7) is 0. The van der Waals surface area contributed by atoms with Crippen LogP contribution in [0.3, 0.4) is 0 Å². The van der Waals surface area contributed by atoms with Crippen molar-refractivity contribution in [2.45, 2.75) is 49.8 Å². The number of alkyl halides is 7. The normalized spacial score (nSPS) is 19.1. The SMILES string of the molecule is O=C(OC1CCCC1)C(F)(F)C(F)(F)C(F)(F)F. The van der Waals surface area contributed by atoms with Gasteiger partial charge in [-0.25, -0.2) is 4.79 Å². The highest BCUT2D eigenvalue weighted by Gasteiger charge is 2.77. The van der Waals surface area contributed by atoms with Crippen LogP contribution in [0, 0.1) is 0 Å². The van der Waals surface area contributed by atoms with Crippen molar-refractivity contribution >= 4 is 5.97 Å². The van der Waals surface area contributed by atoms with Gasteiger partial charge in [-0.3, -0.25) is 0 Å². The minimum absolute atomic E-state index is 0.180. The van der Waals surface area contributed by atoms with E-state index in [1.54, 1.807) is 0 Å². The lowest BCUT2D eigenvalue weighted by Gasteiger charge is -2.27. The highest BCUT2D eigenvalue weighted by Crippen LogP contribution is 2.47. The zero-order valence-corrected chi connectivity index (χ0v) is 8.87. The molecule has 0 aromatic carbocycles. The fraction of sp³-hybridized carbons (Fsp3) is 0.889. The van der Waals surface area contributed by atoms with Gasteiger partial charge >= 0.3 is 24.0 Å². The first-order valence-electron chi connectivity index (χ1n) is 5.03. The number of rotatable bonds is 3. The summed E-state index contributed by atoms with van der Waals surface area (Å²) in [5, 5.41) is 0. The van der Waals surface area contributed by atoms with Crippen molar-refractivity contribution in [3.05, 3.63) is 0 Å². The number of hydrogen-bond donors (Lipinski definition) is 0. The van der Waals surface area contributed by atoms with Gasteiger partial charge in [0.25, 0.3) is 0 Å². The minimum Gasteiger partial charge on any atom is -0.458 e. The molecule has 0 N–H and O–H groups in total. The molecule has 0 bridgehead atoms. The molecule has 0 aliphatic heterocycles. The molecule has 1 rings (SSSR count). The molecule has 0 radical (unpaired) electrons. The number of esters is 1. The summed E-state index contributed by atoms with van der Waals surface area (Å²) in [5.74, 6) is -15.2. The fourth-order valence-electron chi connectivity index (χ4n) is 1.54. The maximum absolute atomic E-state index is 12.8. The van der Waals surface area contributed by atoms with E-state index in [9.17, 15) is 35.5 Å². The lowest BCUT2D eigenvalue weighted by atomic mass is 10.1. The van der Waals surface area contributed by atoms with Gasteiger partial charge in [0.2, 0.25) is 0 Å². The Kier molecular flexibility index (Phi) is 3.83. The van der Waals surface area contributed by atoms with Crippen molar-refractivity contribution in [3.63, 3.8) is 0 Å². The van der Waals surface area contributed by atoms with Crippen LogP contribution in [0.2, 0.25) is 0 Å². The minimum atomic E-state index is -6.52. The standard InChI is InChI=1S/C9H9F7O2/c10-7(11,8(12,13)9(14,15)16)6(17)18-5-3-1-2-4-5/h5H,1-4H2. The van der Waals surface area contributed by atoms with Crippen molar-refractivity contribution in [2.24, 2.45) is 0 Å². The molecular weight excluding hydrogens is 273 g/mol. The monoisotopic (exact) mass is 282 g/mol. The van der Waals surface area contributed by atoms with Gasteiger partial charge < -0.3 is 4.74 Å². The molecule has 18 heavy (non-hydrogen) atoms. The molecule has 1 aliphatic carbocycles. The molecule has 0 amide bonds. The third-order valence-corrected chi connectivity index (χ3v) is 2.58. The Morgan fingerprint density at radius 2 is 1.39 bits per heavy atom. The smallest absolute Gasteiger partial charge is 0.458 e. The first-order chi connectivity index (χ1) is 8.00. The van der Waals surface area contributed by atoms with Crippen LogP contribution in [-0.2, 0) is 9.53 Å². The van der Waals surface area contributed by atoms with E-state index in [1.165, 1.54) is 0 Å². The van der Waals surface area contributed by atoms with Gasteiger partial charge in [0, 0.05) is 0 Å². The van der Waals surface area contributed by atoms with Crippen LogP contribution in [0.5, 0.6) is 0 Å². The molecule has 0 unspecified atom stereocenters. The van der Waals surface area contributed by atoms with Crippen molar-refractivity contribution < 1.29 is 40.3 Å². The van der Waals surface area contributed by atoms with E-state index >= 15 is 0 Å². The van der Waals surface area contributed by atoms with Crippen LogP contribution >= 0.6 is 0 Å². The summed E-state index contributed by atoms with van der Waals surface area (Å²) in [4.78, 5) is 10.8. The Morgan fingerprint density at radius 3 is 1.78 bits per heavy atom. The largest absolute Gasteiger partial charge is 0.460 e. The Hall–Kier alpha value is -1.02. The second kappa shape index (κ2) is 4.58. The molecule has 1 aliphatic rings. The van der Waals surface area contributed by atoms with Crippen molar-refractivity contribution in [2.75, 3.05) is 0 Å². The van der Waals surface area contributed by atoms with Crippen LogP contribution < -0.4 is 0 Å². The molecule has 0 spiro atoms. The van der Waals surface area contributed by atoms with Gasteiger partial charge in [0.05, 0.1) is 0 Å². The summed E-state index contributed by atoms with van der Waals surface area (Å²) >= 11 is 0. The Morgan fingerprint density at radius 1 is 0.944 bits per heavy atom. The number of halogens is 7. The average molecular weight is 282 g/mol. The van der Waals surface area contributed by atoms with Crippen LogP contribution in [-0.4, -0.2) is 30.1 Å². The number of ether oxygens (including phenoxy) is 1. The van der Waals surface area contributed by atoms with Crippen LogP contribution in [0.15, 0.2) is 0 Å². The topological polar surface area (TPSA) is 26.3 Å². The second-order valence-corrected chi connectivity index (χ2v) is 3.96. The molecule has 0 aromatic rings. The Labute approximate surface area is 97.1 Å². The maximum Gasteiger partial charge on any atom is 0.460 e. The zero-order chi connectivity index (χ0) is 14.2. The van der Waals surface area contributed by atoms with E-state index < -0.39 is 30.1 Å². The van der Waals surface area contributed by atoms with Gasteiger partial charge in [0.15, 0.2) is 0 Å². The zero-order valence-electron chi connectivity index (χ0n) is 8.87. The van der Waals surface area contributed by atoms with E-state index in [0.717, 1.165) is 0 Å². The molecule has 0 atom stereocenters. The molecule has 1 fully saturated rings. The lowest BCUT2D eigenvalue weighted by Crippen LogP contribution is -2.57. The van der Waals surface area contributed by atoms with Crippen LogP contribution in [0.4, 0.5) is 30.7 Å². The Balaban J connectivity index is 2.81. The maximum atomic E-state index is 12.8. The molecular formula is C9H9F7O2. The average Bonchev–Trinajstić information content (AvgIpc) is 2.68. The summed E-state index contributed by atoms with van der Waals surface area (Å²) < 4.78 is 89.8. The first-order valence-corrected chi connectivity index (χ1v) is 5.03. The predicted octanol–water partition coefficient (Wildman–Crippen LogP) is 3.31. The van der Waals surface area contributed by atoms with Crippen molar-refractivity contribution in [1.82, 2.24) is 0 Å². The van der Waals surface area contributed by atoms with E-state index in [2.05, 4.69) is 4.74 Å².